The van der Waals surface area contributed by atoms with Crippen LogP contribution in [0.4, 0.5) is 4.79 Å². The van der Waals surface area contributed by atoms with E-state index in [1.165, 1.54) is 11.8 Å². The number of primary amides is 1. The Hall–Kier alpha value is -3.02. The van der Waals surface area contributed by atoms with E-state index in [-0.39, 0.29) is 0 Å². The van der Waals surface area contributed by atoms with E-state index in [0.29, 0.717) is 18.1 Å². The van der Waals surface area contributed by atoms with Crippen LogP contribution in [-0.2, 0) is 6.61 Å². The number of hydrogen-bond acceptors (Lipinski definition) is 4. The molecule has 2 aromatic rings. The Morgan fingerprint density at radius 1 is 1.26 bits per heavy atom. The molecule has 2 rings (SSSR count). The zero-order valence-electron chi connectivity index (χ0n) is 13.1. The van der Waals surface area contributed by atoms with Gasteiger partial charge in [0.15, 0.2) is 11.5 Å². The Morgan fingerprint density at radius 2 is 2.04 bits per heavy atom. The summed E-state index contributed by atoms with van der Waals surface area (Å²) in [5.74, 6) is 1.22. The summed E-state index contributed by atoms with van der Waals surface area (Å²) < 4.78 is 11.2. The van der Waals surface area contributed by atoms with Crippen LogP contribution < -0.4 is 20.6 Å². The molecule has 0 saturated heterocycles. The third-order valence-electron chi connectivity index (χ3n) is 3.22. The molecule has 0 aliphatic rings. The van der Waals surface area contributed by atoms with Gasteiger partial charge in [-0.25, -0.2) is 10.2 Å². The first-order valence-corrected chi connectivity index (χ1v) is 7.04. The number of ether oxygens (including phenoxy) is 2. The number of nitrogens with zero attached hydrogens (tertiary/aromatic N) is 1. The van der Waals surface area contributed by atoms with Crippen LogP contribution in [0, 0.1) is 6.92 Å². The third kappa shape index (κ3) is 4.74. The van der Waals surface area contributed by atoms with Gasteiger partial charge in [0.1, 0.15) is 6.61 Å². The minimum atomic E-state index is -0.716. The molecule has 0 aromatic heterocycles. The van der Waals surface area contributed by atoms with Crippen LogP contribution in [-0.4, -0.2) is 19.4 Å². The van der Waals surface area contributed by atoms with Crippen LogP contribution in [0.1, 0.15) is 16.7 Å². The number of urea groups is 1. The van der Waals surface area contributed by atoms with E-state index in [1.54, 1.807) is 19.2 Å². The molecule has 0 aliphatic carbocycles. The fraction of sp³-hybridized carbons (Fsp3) is 0.176. The first kappa shape index (κ1) is 16.4. The molecule has 2 amide bonds. The van der Waals surface area contributed by atoms with Gasteiger partial charge < -0.3 is 15.2 Å². The summed E-state index contributed by atoms with van der Waals surface area (Å²) in [4.78, 5) is 10.6. The summed E-state index contributed by atoms with van der Waals surface area (Å²) >= 11 is 0. The predicted octanol–water partition coefficient (Wildman–Crippen LogP) is 2.58. The number of methoxy groups -OCH3 is 1. The lowest BCUT2D eigenvalue weighted by Crippen LogP contribution is -2.24. The zero-order valence-corrected chi connectivity index (χ0v) is 13.1. The second kappa shape index (κ2) is 7.84. The van der Waals surface area contributed by atoms with Crippen LogP contribution in [0.5, 0.6) is 11.5 Å². The summed E-state index contributed by atoms with van der Waals surface area (Å²) in [5, 5.41) is 3.71. The van der Waals surface area contributed by atoms with Gasteiger partial charge in [-0.3, -0.25) is 0 Å². The number of hydrazone groups is 1. The number of carbonyl (C=O) groups excluding carboxylic acids is 1. The second-order valence-corrected chi connectivity index (χ2v) is 4.86. The van der Waals surface area contributed by atoms with E-state index < -0.39 is 6.03 Å². The highest BCUT2D eigenvalue weighted by molar-refractivity contribution is 5.82. The van der Waals surface area contributed by atoms with Gasteiger partial charge in [-0.1, -0.05) is 24.3 Å². The van der Waals surface area contributed by atoms with Crippen molar-refractivity contribution in [1.29, 1.82) is 0 Å². The first-order chi connectivity index (χ1) is 11.1. The molecule has 0 spiro atoms. The van der Waals surface area contributed by atoms with Gasteiger partial charge in [0.2, 0.25) is 0 Å². The maximum Gasteiger partial charge on any atom is 0.332 e. The maximum absolute atomic E-state index is 10.6. The van der Waals surface area contributed by atoms with Crippen molar-refractivity contribution >= 4 is 12.2 Å². The number of nitrogens with one attached hydrogen (secondary N) is 1. The second-order valence-electron chi connectivity index (χ2n) is 4.86. The Morgan fingerprint density at radius 3 is 2.74 bits per heavy atom. The molecular weight excluding hydrogens is 294 g/mol. The van der Waals surface area contributed by atoms with Crippen molar-refractivity contribution in [3.8, 4) is 11.5 Å². The molecule has 0 heterocycles. The first-order valence-electron chi connectivity index (χ1n) is 7.04. The lowest BCUT2D eigenvalue weighted by Gasteiger charge is -2.12. The summed E-state index contributed by atoms with van der Waals surface area (Å²) in [5.41, 5.74) is 10.1. The standard InChI is InChI=1S/C17H19N3O3/c1-12-5-3-4-6-14(12)11-23-15-8-7-13(9-16(15)22-2)10-19-20-17(18)21/h3-10H,11H2,1-2H3,(H3,18,20,21)/b19-10+. The SMILES string of the molecule is COc1cc(/C=N/NC(N)=O)ccc1OCc1ccccc1C. The third-order valence-corrected chi connectivity index (χ3v) is 3.22. The van der Waals surface area contributed by atoms with Crippen LogP contribution in [0.15, 0.2) is 47.6 Å². The van der Waals surface area contributed by atoms with E-state index in [9.17, 15) is 4.79 Å². The van der Waals surface area contributed by atoms with Gasteiger partial charge in [-0.05, 0) is 41.8 Å². The molecule has 2 aromatic carbocycles. The van der Waals surface area contributed by atoms with E-state index in [0.717, 1.165) is 11.1 Å². The maximum atomic E-state index is 10.6. The number of hydrogen-bond donors (Lipinski definition) is 2. The number of nitrogens with two attached hydrogens (primary N) is 1. The van der Waals surface area contributed by atoms with Gasteiger partial charge in [-0.15, -0.1) is 0 Å². The smallest absolute Gasteiger partial charge is 0.332 e. The van der Waals surface area contributed by atoms with Crippen molar-refractivity contribution in [2.75, 3.05) is 7.11 Å². The van der Waals surface area contributed by atoms with Crippen molar-refractivity contribution in [3.05, 3.63) is 59.2 Å². The quantitative estimate of drug-likeness (QED) is 0.635. The Labute approximate surface area is 134 Å². The highest BCUT2D eigenvalue weighted by atomic mass is 16.5. The lowest BCUT2D eigenvalue weighted by atomic mass is 10.1. The Bertz CT molecular complexity index is 714. The highest BCUT2D eigenvalue weighted by Crippen LogP contribution is 2.28. The topological polar surface area (TPSA) is 85.9 Å². The zero-order chi connectivity index (χ0) is 16.7. The van der Waals surface area contributed by atoms with Crippen molar-refractivity contribution in [3.63, 3.8) is 0 Å². The molecule has 6 nitrogen and oxygen atoms in total. The van der Waals surface area contributed by atoms with Crippen LogP contribution >= 0.6 is 0 Å². The molecule has 0 saturated carbocycles. The highest BCUT2D eigenvalue weighted by Gasteiger charge is 2.06. The van der Waals surface area contributed by atoms with Gasteiger partial charge in [-0.2, -0.15) is 5.10 Å². The molecule has 0 radical (unpaired) electrons. The van der Waals surface area contributed by atoms with Gasteiger partial charge >= 0.3 is 6.03 Å². The molecule has 0 atom stereocenters. The fourth-order valence-corrected chi connectivity index (χ4v) is 1.98. The normalized spacial score (nSPS) is 10.5. The molecule has 3 N–H and O–H groups in total. The molecular formula is C17H19N3O3. The summed E-state index contributed by atoms with van der Waals surface area (Å²) in [6.45, 7) is 2.50. The molecule has 0 fully saturated rings. The number of amides is 2. The summed E-state index contributed by atoms with van der Waals surface area (Å²) in [7, 11) is 1.57. The van der Waals surface area contributed by atoms with Gasteiger partial charge in [0, 0.05) is 0 Å². The van der Waals surface area contributed by atoms with Crippen LogP contribution in [0.2, 0.25) is 0 Å². The van der Waals surface area contributed by atoms with Crippen molar-refractivity contribution in [1.82, 2.24) is 5.43 Å². The van der Waals surface area contributed by atoms with Crippen LogP contribution in [0.25, 0.3) is 0 Å². The summed E-state index contributed by atoms with van der Waals surface area (Å²) in [6, 6.07) is 12.7. The number of rotatable bonds is 6. The molecule has 6 heteroatoms. The van der Waals surface area contributed by atoms with Crippen molar-refractivity contribution < 1.29 is 14.3 Å². The number of carbonyl (C=O) groups is 1. The van der Waals surface area contributed by atoms with E-state index >= 15 is 0 Å². The number of aryl methyl sites for hydroxylation is 1. The number of benzene rings is 2. The molecule has 0 bridgehead atoms. The molecule has 0 unspecified atom stereocenters. The minimum absolute atomic E-state index is 0.458. The molecule has 120 valence electrons. The van der Waals surface area contributed by atoms with E-state index in [4.69, 9.17) is 15.2 Å². The fourth-order valence-electron chi connectivity index (χ4n) is 1.98. The largest absolute Gasteiger partial charge is 0.493 e. The molecule has 0 aliphatic heterocycles. The average molecular weight is 313 g/mol. The Balaban J connectivity index is 2.09. The monoisotopic (exact) mass is 313 g/mol. The van der Waals surface area contributed by atoms with Crippen molar-refractivity contribution in [2.24, 2.45) is 10.8 Å². The molecule has 23 heavy (non-hydrogen) atoms. The minimum Gasteiger partial charge on any atom is -0.493 e. The Kier molecular flexibility index (Phi) is 5.57. The lowest BCUT2D eigenvalue weighted by molar-refractivity contribution is 0.249. The van der Waals surface area contributed by atoms with Crippen LogP contribution in [0.3, 0.4) is 0 Å². The van der Waals surface area contributed by atoms with E-state index in [1.807, 2.05) is 37.3 Å². The average Bonchev–Trinajstić information content (AvgIpc) is 2.54. The summed E-state index contributed by atoms with van der Waals surface area (Å²) in [6.07, 6.45) is 1.47. The van der Waals surface area contributed by atoms with Crippen molar-refractivity contribution in [2.45, 2.75) is 13.5 Å². The van der Waals surface area contributed by atoms with Gasteiger partial charge in [0.05, 0.1) is 13.3 Å². The predicted molar refractivity (Wildman–Crippen MR) is 88.8 cm³/mol. The van der Waals surface area contributed by atoms with E-state index in [2.05, 4.69) is 10.5 Å². The van der Waals surface area contributed by atoms with Gasteiger partial charge in [0.25, 0.3) is 0 Å².